The predicted molar refractivity (Wildman–Crippen MR) is 124 cm³/mol. The van der Waals surface area contributed by atoms with Crippen LogP contribution >= 0.6 is 11.6 Å². The lowest BCUT2D eigenvalue weighted by Gasteiger charge is -2.37. The third-order valence-corrected chi connectivity index (χ3v) is 7.62. The topological polar surface area (TPSA) is 55.8 Å². The molecule has 0 atom stereocenters. The molecule has 2 fully saturated rings. The van der Waals surface area contributed by atoms with Gasteiger partial charge < -0.3 is 14.4 Å². The molecule has 2 aliphatic rings. The lowest BCUT2D eigenvalue weighted by molar-refractivity contribution is -0.0527. The number of hydrogen-bond acceptors (Lipinski definition) is 5. The van der Waals surface area contributed by atoms with Gasteiger partial charge in [-0.05, 0) is 81.0 Å². The van der Waals surface area contributed by atoms with Gasteiger partial charge in [-0.15, -0.1) is 0 Å². The molecule has 32 heavy (non-hydrogen) atoms. The van der Waals surface area contributed by atoms with Crippen molar-refractivity contribution in [2.24, 2.45) is 0 Å². The van der Waals surface area contributed by atoms with Gasteiger partial charge in [-0.25, -0.2) is 12.8 Å². The third-order valence-electron chi connectivity index (χ3n) is 6.25. The molecule has 8 heteroatoms. The van der Waals surface area contributed by atoms with Crippen LogP contribution in [0, 0.1) is 5.82 Å². The van der Waals surface area contributed by atoms with E-state index in [-0.39, 0.29) is 24.1 Å². The van der Waals surface area contributed by atoms with Crippen LogP contribution in [0.1, 0.15) is 38.5 Å². The second-order valence-corrected chi connectivity index (χ2v) is 11.1. The summed E-state index contributed by atoms with van der Waals surface area (Å²) in [6.07, 6.45) is 7.21. The highest BCUT2D eigenvalue weighted by atomic mass is 35.5. The molecule has 1 saturated heterocycles. The van der Waals surface area contributed by atoms with E-state index < -0.39 is 9.84 Å². The van der Waals surface area contributed by atoms with Gasteiger partial charge in [0, 0.05) is 24.4 Å². The Morgan fingerprint density at radius 2 is 1.50 bits per heavy atom. The first kappa shape index (κ1) is 23.3. The number of hydrogen-bond donors (Lipinski definition) is 0. The van der Waals surface area contributed by atoms with E-state index in [1.807, 2.05) is 0 Å². The molecule has 0 N–H and O–H groups in total. The SMILES string of the molecule is CS(=O)(=O)c1ccc(O[C@H]2CC[C@H](OC3CCN(c4ccc(Cl)cc4F)CC3)CC2)cc1. The van der Waals surface area contributed by atoms with Gasteiger partial charge in [0.15, 0.2) is 9.84 Å². The second-order valence-electron chi connectivity index (χ2n) is 8.68. The highest BCUT2D eigenvalue weighted by molar-refractivity contribution is 7.90. The van der Waals surface area contributed by atoms with Crippen molar-refractivity contribution in [3.05, 3.63) is 53.3 Å². The molecule has 4 rings (SSSR count). The largest absolute Gasteiger partial charge is 0.490 e. The Labute approximate surface area is 194 Å². The molecule has 0 aromatic heterocycles. The zero-order chi connectivity index (χ0) is 22.7. The number of halogens is 2. The van der Waals surface area contributed by atoms with Crippen molar-refractivity contribution in [3.63, 3.8) is 0 Å². The fourth-order valence-electron chi connectivity index (χ4n) is 4.49. The van der Waals surface area contributed by atoms with Crippen LogP contribution in [0.4, 0.5) is 10.1 Å². The summed E-state index contributed by atoms with van der Waals surface area (Å²) in [5.41, 5.74) is 0.607. The van der Waals surface area contributed by atoms with Crippen LogP contribution in [0.25, 0.3) is 0 Å². The fraction of sp³-hybridized carbons (Fsp3) is 0.500. The van der Waals surface area contributed by atoms with Crippen molar-refractivity contribution in [1.82, 2.24) is 0 Å². The van der Waals surface area contributed by atoms with Crippen LogP contribution in [0.3, 0.4) is 0 Å². The Bertz CT molecular complexity index is 1010. The number of sulfone groups is 1. The highest BCUT2D eigenvalue weighted by Crippen LogP contribution is 2.30. The van der Waals surface area contributed by atoms with Gasteiger partial charge in [-0.2, -0.15) is 0 Å². The summed E-state index contributed by atoms with van der Waals surface area (Å²) in [6, 6.07) is 11.4. The van der Waals surface area contributed by atoms with E-state index >= 15 is 0 Å². The monoisotopic (exact) mass is 481 g/mol. The quantitative estimate of drug-likeness (QED) is 0.563. The van der Waals surface area contributed by atoms with E-state index in [0.717, 1.165) is 51.6 Å². The molecule has 5 nitrogen and oxygen atoms in total. The van der Waals surface area contributed by atoms with Crippen molar-refractivity contribution < 1.29 is 22.3 Å². The van der Waals surface area contributed by atoms with Gasteiger partial charge in [0.2, 0.25) is 0 Å². The van der Waals surface area contributed by atoms with Crippen molar-refractivity contribution in [1.29, 1.82) is 0 Å². The molecule has 1 heterocycles. The summed E-state index contributed by atoms with van der Waals surface area (Å²) in [6.45, 7) is 1.54. The van der Waals surface area contributed by atoms with Crippen LogP contribution in [0.5, 0.6) is 5.75 Å². The Morgan fingerprint density at radius 3 is 2.09 bits per heavy atom. The summed E-state index contributed by atoms with van der Waals surface area (Å²) in [4.78, 5) is 2.36. The van der Waals surface area contributed by atoms with Crippen LogP contribution in [0.2, 0.25) is 5.02 Å². The van der Waals surface area contributed by atoms with E-state index in [4.69, 9.17) is 21.1 Å². The molecular formula is C24H29ClFNO4S. The molecule has 2 aromatic rings. The van der Waals surface area contributed by atoms with Gasteiger partial charge in [0.05, 0.1) is 28.9 Å². The first-order valence-corrected chi connectivity index (χ1v) is 13.4. The van der Waals surface area contributed by atoms with Crippen LogP contribution < -0.4 is 9.64 Å². The van der Waals surface area contributed by atoms with Gasteiger partial charge in [-0.1, -0.05) is 11.6 Å². The Balaban J connectivity index is 1.20. The summed E-state index contributed by atoms with van der Waals surface area (Å²) in [7, 11) is -3.20. The minimum atomic E-state index is -3.20. The molecule has 0 bridgehead atoms. The van der Waals surface area contributed by atoms with E-state index in [1.54, 1.807) is 36.4 Å². The normalized spacial score (nSPS) is 22.7. The predicted octanol–water partition coefficient (Wildman–Crippen LogP) is 5.26. The molecule has 1 saturated carbocycles. The van der Waals surface area contributed by atoms with E-state index in [1.165, 1.54) is 12.3 Å². The zero-order valence-corrected chi connectivity index (χ0v) is 19.7. The van der Waals surface area contributed by atoms with Gasteiger partial charge in [0.25, 0.3) is 0 Å². The Kier molecular flexibility index (Phi) is 7.27. The molecule has 0 spiro atoms. The fourth-order valence-corrected chi connectivity index (χ4v) is 5.28. The zero-order valence-electron chi connectivity index (χ0n) is 18.2. The Morgan fingerprint density at radius 1 is 0.906 bits per heavy atom. The smallest absolute Gasteiger partial charge is 0.175 e. The maximum Gasteiger partial charge on any atom is 0.175 e. The molecule has 1 aliphatic carbocycles. The number of ether oxygens (including phenoxy) is 2. The number of rotatable bonds is 6. The number of nitrogens with zero attached hydrogens (tertiary/aromatic N) is 1. The van der Waals surface area contributed by atoms with E-state index in [2.05, 4.69) is 4.90 Å². The van der Waals surface area contributed by atoms with E-state index in [0.29, 0.717) is 21.4 Å². The van der Waals surface area contributed by atoms with Crippen LogP contribution in [-0.4, -0.2) is 46.1 Å². The minimum Gasteiger partial charge on any atom is -0.490 e. The van der Waals surface area contributed by atoms with Crippen molar-refractivity contribution in [2.45, 2.75) is 61.7 Å². The number of piperidine rings is 1. The Hall–Kier alpha value is -1.83. The maximum atomic E-state index is 14.2. The van der Waals surface area contributed by atoms with Gasteiger partial charge >= 0.3 is 0 Å². The second kappa shape index (κ2) is 9.98. The van der Waals surface area contributed by atoms with Gasteiger partial charge in [-0.3, -0.25) is 0 Å². The van der Waals surface area contributed by atoms with Gasteiger partial charge in [0.1, 0.15) is 11.6 Å². The van der Waals surface area contributed by atoms with Crippen molar-refractivity contribution in [2.75, 3.05) is 24.2 Å². The molecule has 0 unspecified atom stereocenters. The molecular weight excluding hydrogens is 453 g/mol. The summed E-state index contributed by atoms with van der Waals surface area (Å²) in [5, 5.41) is 0.412. The lowest BCUT2D eigenvalue weighted by Crippen LogP contribution is -2.40. The molecule has 1 aliphatic heterocycles. The molecule has 2 aromatic carbocycles. The third kappa shape index (κ3) is 5.94. The summed E-state index contributed by atoms with van der Waals surface area (Å²) in [5.74, 6) is 0.421. The lowest BCUT2D eigenvalue weighted by atomic mass is 9.94. The molecule has 0 amide bonds. The van der Waals surface area contributed by atoms with Crippen LogP contribution in [0.15, 0.2) is 47.4 Å². The van der Waals surface area contributed by atoms with Crippen molar-refractivity contribution in [3.8, 4) is 5.75 Å². The number of anilines is 1. The first-order valence-electron chi connectivity index (χ1n) is 11.1. The van der Waals surface area contributed by atoms with Crippen molar-refractivity contribution >= 4 is 27.1 Å². The summed E-state index contributed by atoms with van der Waals surface area (Å²) < 4.78 is 49.7. The maximum absolute atomic E-state index is 14.2. The van der Waals surface area contributed by atoms with Crippen LogP contribution in [-0.2, 0) is 14.6 Å². The number of benzene rings is 2. The van der Waals surface area contributed by atoms with E-state index in [9.17, 15) is 12.8 Å². The molecule has 174 valence electrons. The minimum absolute atomic E-state index is 0.119. The average Bonchev–Trinajstić information content (AvgIpc) is 2.76. The standard InChI is InChI=1S/C24H29ClFNO4S/c1-32(28,29)22-9-7-20(8-10-22)30-18-3-5-19(6-4-18)31-21-12-14-27(15-13-21)24-11-2-17(25)16-23(24)26/h2,7-11,16,18-19,21H,3-6,12-15H2,1H3/t18-,19-. The highest BCUT2D eigenvalue weighted by Gasteiger charge is 2.28. The first-order chi connectivity index (χ1) is 15.3. The summed E-state index contributed by atoms with van der Waals surface area (Å²) >= 11 is 5.86. The average molecular weight is 482 g/mol. The molecule has 0 radical (unpaired) electrons.